The molecular weight excluding hydrogens is 444 g/mol. The fourth-order valence-electron chi connectivity index (χ4n) is 4.70. The second-order valence-electron chi connectivity index (χ2n) is 8.75. The molecule has 0 aliphatic carbocycles. The quantitative estimate of drug-likeness (QED) is 0.438. The maximum atomic E-state index is 13.0. The van der Waals surface area contributed by atoms with E-state index in [1.165, 1.54) is 0 Å². The van der Waals surface area contributed by atoms with Crippen molar-refractivity contribution in [2.75, 3.05) is 5.32 Å². The maximum Gasteiger partial charge on any atom is 0.255 e. The number of anilines is 1. The summed E-state index contributed by atoms with van der Waals surface area (Å²) in [6, 6.07) is 17.0. The van der Waals surface area contributed by atoms with Crippen molar-refractivity contribution < 1.29 is 14.4 Å². The number of benzene rings is 2. The first kappa shape index (κ1) is 21.0. The Bertz CT molecular complexity index is 1480. The van der Waals surface area contributed by atoms with Gasteiger partial charge in [-0.3, -0.25) is 19.7 Å². The summed E-state index contributed by atoms with van der Waals surface area (Å²) in [6.45, 7) is 0.982. The normalized spacial score (nSPS) is 17.5. The molecule has 9 heteroatoms. The van der Waals surface area contributed by atoms with E-state index in [0.29, 0.717) is 30.7 Å². The number of hydrogen-bond acceptors (Lipinski definition) is 6. The number of imide groups is 1. The monoisotopic (exact) mass is 466 g/mol. The minimum Gasteiger partial charge on any atom is -0.366 e. The average molecular weight is 467 g/mol. The SMILES string of the molecule is O=C1CC[C@H](N2Cc3cc(-c4cnn5ccc(NCc6ccccc6)nc45)ccc3C2=O)C(=O)N1. The van der Waals surface area contributed by atoms with Gasteiger partial charge in [-0.1, -0.05) is 36.4 Å². The first-order valence-corrected chi connectivity index (χ1v) is 11.5. The molecule has 2 aliphatic heterocycles. The lowest BCUT2D eigenvalue weighted by molar-refractivity contribution is -0.136. The first-order chi connectivity index (χ1) is 17.1. The molecule has 2 N–H and O–H groups in total. The fraction of sp³-hybridized carbons (Fsp3) is 0.192. The minimum atomic E-state index is -0.632. The molecule has 1 fully saturated rings. The zero-order chi connectivity index (χ0) is 23.9. The summed E-state index contributed by atoms with van der Waals surface area (Å²) in [5, 5.41) is 10.1. The molecule has 9 nitrogen and oxygen atoms in total. The molecule has 0 spiro atoms. The molecule has 3 amide bonds. The largest absolute Gasteiger partial charge is 0.366 e. The van der Waals surface area contributed by atoms with Gasteiger partial charge in [-0.05, 0) is 41.3 Å². The Labute approximate surface area is 200 Å². The van der Waals surface area contributed by atoms with Gasteiger partial charge in [0.25, 0.3) is 5.91 Å². The van der Waals surface area contributed by atoms with Crippen molar-refractivity contribution in [3.05, 3.63) is 83.7 Å². The minimum absolute atomic E-state index is 0.188. The first-order valence-electron chi connectivity index (χ1n) is 11.5. The van der Waals surface area contributed by atoms with Crippen LogP contribution in [0.5, 0.6) is 0 Å². The Hall–Kier alpha value is -4.53. The molecule has 1 saturated heterocycles. The standard InChI is InChI=1S/C26H22N6O3/c33-23-9-8-21(25(34)30-23)31-15-18-12-17(6-7-19(18)26(31)35)20-14-28-32-11-10-22(29-24(20)32)27-13-16-4-2-1-3-5-16/h1-7,10-12,14,21H,8-9,13,15H2,(H,27,29)(H,30,33,34)/t21-/m0/s1. The van der Waals surface area contributed by atoms with E-state index in [1.807, 2.05) is 42.6 Å². The van der Waals surface area contributed by atoms with E-state index in [9.17, 15) is 14.4 Å². The van der Waals surface area contributed by atoms with Gasteiger partial charge in [0.2, 0.25) is 11.8 Å². The summed E-state index contributed by atoms with van der Waals surface area (Å²) in [6.07, 6.45) is 4.20. The van der Waals surface area contributed by atoms with Gasteiger partial charge >= 0.3 is 0 Å². The fourth-order valence-corrected chi connectivity index (χ4v) is 4.70. The molecule has 6 rings (SSSR count). The van der Waals surface area contributed by atoms with Crippen LogP contribution in [0.3, 0.4) is 0 Å². The predicted octanol–water partition coefficient (Wildman–Crippen LogP) is 2.77. The van der Waals surface area contributed by atoms with Crippen molar-refractivity contribution in [1.82, 2.24) is 24.8 Å². The zero-order valence-electron chi connectivity index (χ0n) is 18.8. The van der Waals surface area contributed by atoms with Crippen LogP contribution in [-0.4, -0.2) is 43.3 Å². The Morgan fingerprint density at radius 2 is 1.89 bits per heavy atom. The lowest BCUT2D eigenvalue weighted by Gasteiger charge is -2.29. The van der Waals surface area contributed by atoms with Crippen LogP contribution >= 0.6 is 0 Å². The molecule has 0 saturated carbocycles. The van der Waals surface area contributed by atoms with Crippen molar-refractivity contribution in [1.29, 1.82) is 0 Å². The van der Waals surface area contributed by atoms with Gasteiger partial charge in [0.15, 0.2) is 5.65 Å². The van der Waals surface area contributed by atoms with Crippen LogP contribution in [0.15, 0.2) is 67.0 Å². The van der Waals surface area contributed by atoms with Crippen molar-refractivity contribution in [2.24, 2.45) is 0 Å². The number of nitrogens with one attached hydrogen (secondary N) is 2. The molecule has 4 heterocycles. The highest BCUT2D eigenvalue weighted by atomic mass is 16.2. The molecule has 35 heavy (non-hydrogen) atoms. The van der Waals surface area contributed by atoms with Gasteiger partial charge in [-0.2, -0.15) is 5.10 Å². The topological polar surface area (TPSA) is 109 Å². The van der Waals surface area contributed by atoms with Crippen LogP contribution in [0, 0.1) is 0 Å². The number of nitrogens with zero attached hydrogens (tertiary/aromatic N) is 4. The Morgan fingerprint density at radius 1 is 1.03 bits per heavy atom. The highest BCUT2D eigenvalue weighted by Crippen LogP contribution is 2.32. The number of hydrogen-bond donors (Lipinski definition) is 2. The van der Waals surface area contributed by atoms with E-state index in [-0.39, 0.29) is 18.2 Å². The number of carbonyl (C=O) groups excluding carboxylic acids is 3. The predicted molar refractivity (Wildman–Crippen MR) is 128 cm³/mol. The van der Waals surface area contributed by atoms with Crippen LogP contribution in [0.25, 0.3) is 16.8 Å². The number of fused-ring (bicyclic) bond motifs is 2. The lowest BCUT2D eigenvalue weighted by Crippen LogP contribution is -2.52. The van der Waals surface area contributed by atoms with E-state index in [4.69, 9.17) is 4.98 Å². The molecule has 174 valence electrons. The van der Waals surface area contributed by atoms with Gasteiger partial charge < -0.3 is 10.2 Å². The van der Waals surface area contributed by atoms with Crippen LogP contribution in [0.1, 0.15) is 34.3 Å². The number of carbonyl (C=O) groups is 3. The number of aromatic nitrogens is 3. The summed E-state index contributed by atoms with van der Waals surface area (Å²) < 4.78 is 1.72. The van der Waals surface area contributed by atoms with E-state index in [1.54, 1.807) is 21.7 Å². The Morgan fingerprint density at radius 3 is 2.71 bits per heavy atom. The summed E-state index contributed by atoms with van der Waals surface area (Å²) >= 11 is 0. The molecule has 2 aromatic heterocycles. The molecule has 0 radical (unpaired) electrons. The molecule has 1 atom stereocenters. The summed E-state index contributed by atoms with van der Waals surface area (Å²) in [7, 11) is 0. The molecular formula is C26H22N6O3. The maximum absolute atomic E-state index is 13.0. The van der Waals surface area contributed by atoms with Gasteiger partial charge in [-0.15, -0.1) is 0 Å². The van der Waals surface area contributed by atoms with E-state index >= 15 is 0 Å². The number of rotatable bonds is 5. The Balaban J connectivity index is 1.27. The summed E-state index contributed by atoms with van der Waals surface area (Å²) in [5.41, 5.74) is 5.02. The van der Waals surface area contributed by atoms with Crippen LogP contribution in [0.4, 0.5) is 5.82 Å². The van der Waals surface area contributed by atoms with E-state index in [2.05, 4.69) is 27.9 Å². The third-order valence-corrected chi connectivity index (χ3v) is 6.52. The highest BCUT2D eigenvalue weighted by Gasteiger charge is 2.39. The number of piperidine rings is 1. The van der Waals surface area contributed by atoms with E-state index < -0.39 is 11.9 Å². The second kappa shape index (κ2) is 8.35. The van der Waals surface area contributed by atoms with Crippen LogP contribution in [0.2, 0.25) is 0 Å². The molecule has 4 aromatic rings. The van der Waals surface area contributed by atoms with Gasteiger partial charge in [0.1, 0.15) is 11.9 Å². The van der Waals surface area contributed by atoms with Crippen LogP contribution in [-0.2, 0) is 22.7 Å². The van der Waals surface area contributed by atoms with Crippen molar-refractivity contribution in [2.45, 2.75) is 32.0 Å². The third kappa shape index (κ3) is 3.80. The molecule has 2 aromatic carbocycles. The molecule has 0 unspecified atom stereocenters. The second-order valence-corrected chi connectivity index (χ2v) is 8.75. The van der Waals surface area contributed by atoms with E-state index in [0.717, 1.165) is 28.1 Å². The smallest absolute Gasteiger partial charge is 0.255 e. The van der Waals surface area contributed by atoms with Crippen LogP contribution < -0.4 is 10.6 Å². The summed E-state index contributed by atoms with van der Waals surface area (Å²) in [4.78, 5) is 43.1. The Kier molecular flexibility index (Phi) is 5.02. The van der Waals surface area contributed by atoms with Gasteiger partial charge in [0.05, 0.1) is 6.20 Å². The molecule has 0 bridgehead atoms. The summed E-state index contributed by atoms with van der Waals surface area (Å²) in [5.74, 6) is -0.157. The average Bonchev–Trinajstić information content (AvgIpc) is 3.44. The van der Waals surface area contributed by atoms with Crippen molar-refractivity contribution in [3.63, 3.8) is 0 Å². The van der Waals surface area contributed by atoms with Crippen molar-refractivity contribution >= 4 is 29.2 Å². The third-order valence-electron chi connectivity index (χ3n) is 6.52. The number of amides is 3. The zero-order valence-corrected chi connectivity index (χ0v) is 18.8. The lowest BCUT2D eigenvalue weighted by atomic mass is 10.0. The molecule has 2 aliphatic rings. The van der Waals surface area contributed by atoms with Gasteiger partial charge in [0, 0.05) is 36.8 Å². The van der Waals surface area contributed by atoms with Gasteiger partial charge in [-0.25, -0.2) is 9.50 Å². The highest BCUT2D eigenvalue weighted by molar-refractivity contribution is 6.05. The van der Waals surface area contributed by atoms with Crippen molar-refractivity contribution in [3.8, 4) is 11.1 Å².